The zero-order valence-corrected chi connectivity index (χ0v) is 13.8. The molecular formula is C17H29NO4. The maximum Gasteiger partial charge on any atom is 0.333 e. The molecular weight excluding hydrogens is 282 g/mol. The highest BCUT2D eigenvalue weighted by molar-refractivity contribution is 5.86. The molecule has 0 aromatic carbocycles. The molecule has 2 atom stereocenters. The molecule has 0 aromatic heterocycles. The molecule has 0 saturated carbocycles. The van der Waals surface area contributed by atoms with Crippen LogP contribution >= 0.6 is 0 Å². The standard InChI is InChI=1S/C17H29NO4/c1-14(2)17(21)22-11-10-18-9-5-8-16(13-20)7-4-6-15(3)12-19/h12-13,15-16,18H,1,4-11H2,2-3H3. The molecule has 1 N–H and O–H groups in total. The highest BCUT2D eigenvalue weighted by atomic mass is 16.5. The van der Waals surface area contributed by atoms with E-state index in [1.54, 1.807) is 6.92 Å². The minimum Gasteiger partial charge on any atom is -0.461 e. The van der Waals surface area contributed by atoms with Gasteiger partial charge in [0.15, 0.2) is 0 Å². The fraction of sp³-hybridized carbons (Fsp3) is 0.706. The van der Waals surface area contributed by atoms with Gasteiger partial charge in [0.2, 0.25) is 0 Å². The van der Waals surface area contributed by atoms with Crippen molar-refractivity contribution in [3.05, 3.63) is 12.2 Å². The summed E-state index contributed by atoms with van der Waals surface area (Å²) in [5.74, 6) is -0.217. The Hall–Kier alpha value is -1.49. The molecule has 0 amide bonds. The third-order valence-electron chi connectivity index (χ3n) is 3.45. The number of nitrogens with one attached hydrogen (secondary N) is 1. The maximum absolute atomic E-state index is 11.1. The van der Waals surface area contributed by atoms with Crippen LogP contribution in [0, 0.1) is 11.8 Å². The zero-order chi connectivity index (χ0) is 16.8. The molecule has 0 heterocycles. The molecule has 5 heteroatoms. The number of aldehydes is 2. The van der Waals surface area contributed by atoms with E-state index in [9.17, 15) is 14.4 Å². The molecule has 0 aliphatic carbocycles. The molecule has 126 valence electrons. The zero-order valence-electron chi connectivity index (χ0n) is 13.8. The number of rotatable bonds is 14. The summed E-state index contributed by atoms with van der Waals surface area (Å²) in [7, 11) is 0. The second-order valence-electron chi connectivity index (χ2n) is 5.75. The summed E-state index contributed by atoms with van der Waals surface area (Å²) in [6, 6.07) is 0. The number of hydrogen-bond acceptors (Lipinski definition) is 5. The molecule has 0 aromatic rings. The van der Waals surface area contributed by atoms with Crippen LogP contribution in [0.1, 0.15) is 46.0 Å². The lowest BCUT2D eigenvalue weighted by Gasteiger charge is -2.11. The van der Waals surface area contributed by atoms with Crippen molar-refractivity contribution in [3.8, 4) is 0 Å². The van der Waals surface area contributed by atoms with Gasteiger partial charge in [0.05, 0.1) is 0 Å². The van der Waals surface area contributed by atoms with Crippen molar-refractivity contribution >= 4 is 18.5 Å². The minimum atomic E-state index is -0.368. The minimum absolute atomic E-state index is 0.0712. The van der Waals surface area contributed by atoms with E-state index in [4.69, 9.17) is 4.74 Å². The van der Waals surface area contributed by atoms with E-state index in [1.807, 2.05) is 6.92 Å². The van der Waals surface area contributed by atoms with Gasteiger partial charge in [-0.05, 0) is 39.2 Å². The van der Waals surface area contributed by atoms with E-state index in [-0.39, 0.29) is 17.8 Å². The molecule has 0 fully saturated rings. The van der Waals surface area contributed by atoms with Gasteiger partial charge < -0.3 is 19.6 Å². The van der Waals surface area contributed by atoms with Gasteiger partial charge in [-0.2, -0.15) is 0 Å². The second-order valence-corrected chi connectivity index (χ2v) is 5.75. The van der Waals surface area contributed by atoms with Crippen molar-refractivity contribution in [2.75, 3.05) is 19.7 Å². The average Bonchev–Trinajstić information content (AvgIpc) is 2.51. The van der Waals surface area contributed by atoms with Crippen molar-refractivity contribution < 1.29 is 19.1 Å². The Morgan fingerprint density at radius 3 is 2.41 bits per heavy atom. The highest BCUT2D eigenvalue weighted by Gasteiger charge is 2.08. The van der Waals surface area contributed by atoms with Crippen molar-refractivity contribution in [2.45, 2.75) is 46.0 Å². The lowest BCUT2D eigenvalue weighted by molar-refractivity contribution is -0.138. The van der Waals surface area contributed by atoms with E-state index in [0.29, 0.717) is 18.7 Å². The number of esters is 1. The Balaban J connectivity index is 3.54. The first-order chi connectivity index (χ1) is 10.5. The van der Waals surface area contributed by atoms with Crippen LogP contribution in [0.25, 0.3) is 0 Å². The monoisotopic (exact) mass is 311 g/mol. The van der Waals surface area contributed by atoms with Gasteiger partial charge in [-0.3, -0.25) is 0 Å². The molecule has 0 saturated heterocycles. The Labute approximate surface area is 133 Å². The van der Waals surface area contributed by atoms with Gasteiger partial charge in [0.1, 0.15) is 19.2 Å². The normalized spacial score (nSPS) is 13.2. The van der Waals surface area contributed by atoms with Gasteiger partial charge in [-0.15, -0.1) is 0 Å². The lowest BCUT2D eigenvalue weighted by atomic mass is 9.95. The summed E-state index contributed by atoms with van der Waals surface area (Å²) < 4.78 is 4.95. The van der Waals surface area contributed by atoms with E-state index < -0.39 is 0 Å². The number of carbonyl (C=O) groups excluding carboxylic acids is 3. The Bertz CT molecular complexity index is 355. The first-order valence-electron chi connectivity index (χ1n) is 7.95. The van der Waals surface area contributed by atoms with Gasteiger partial charge in [0.25, 0.3) is 0 Å². The molecule has 22 heavy (non-hydrogen) atoms. The smallest absolute Gasteiger partial charge is 0.333 e. The quantitative estimate of drug-likeness (QED) is 0.231. The molecule has 5 nitrogen and oxygen atoms in total. The fourth-order valence-corrected chi connectivity index (χ4v) is 2.00. The Kier molecular flexibility index (Phi) is 12.3. The van der Waals surface area contributed by atoms with E-state index in [1.165, 1.54) is 0 Å². The lowest BCUT2D eigenvalue weighted by Crippen LogP contribution is -2.23. The SMILES string of the molecule is C=C(C)C(=O)OCCNCCCC(C=O)CCCC(C)C=O. The highest BCUT2D eigenvalue weighted by Crippen LogP contribution is 2.14. The molecule has 0 rings (SSSR count). The molecule has 0 radical (unpaired) electrons. The summed E-state index contributed by atoms with van der Waals surface area (Å²) in [6.07, 6.45) is 6.32. The summed E-state index contributed by atoms with van der Waals surface area (Å²) in [4.78, 5) is 32.6. The number of hydrogen-bond donors (Lipinski definition) is 1. The van der Waals surface area contributed by atoms with Crippen LogP contribution < -0.4 is 5.32 Å². The first kappa shape index (κ1) is 20.5. The van der Waals surface area contributed by atoms with Crippen molar-refractivity contribution in [2.24, 2.45) is 11.8 Å². The van der Waals surface area contributed by atoms with Gasteiger partial charge in [-0.1, -0.05) is 19.9 Å². The van der Waals surface area contributed by atoms with Crippen LogP contribution in [0.3, 0.4) is 0 Å². The molecule has 0 bridgehead atoms. The predicted molar refractivity (Wildman–Crippen MR) is 86.5 cm³/mol. The molecule has 0 aliphatic rings. The molecule has 0 aliphatic heterocycles. The van der Waals surface area contributed by atoms with Crippen LogP contribution in [0.15, 0.2) is 12.2 Å². The van der Waals surface area contributed by atoms with Crippen molar-refractivity contribution in [1.29, 1.82) is 0 Å². The topological polar surface area (TPSA) is 72.5 Å². The van der Waals surface area contributed by atoms with Gasteiger partial charge >= 0.3 is 5.97 Å². The maximum atomic E-state index is 11.1. The Morgan fingerprint density at radius 1 is 1.14 bits per heavy atom. The van der Waals surface area contributed by atoms with Crippen LogP contribution in [0.2, 0.25) is 0 Å². The van der Waals surface area contributed by atoms with Crippen molar-refractivity contribution in [1.82, 2.24) is 5.32 Å². The van der Waals surface area contributed by atoms with Gasteiger partial charge in [0, 0.05) is 24.0 Å². The van der Waals surface area contributed by atoms with E-state index in [2.05, 4.69) is 11.9 Å². The largest absolute Gasteiger partial charge is 0.461 e. The summed E-state index contributed by atoms with van der Waals surface area (Å²) >= 11 is 0. The van der Waals surface area contributed by atoms with E-state index >= 15 is 0 Å². The van der Waals surface area contributed by atoms with Crippen LogP contribution in [-0.4, -0.2) is 38.2 Å². The third-order valence-corrected chi connectivity index (χ3v) is 3.45. The predicted octanol–water partition coefficient (Wildman–Crippen LogP) is 2.30. The third kappa shape index (κ3) is 11.2. The number of carbonyl (C=O) groups is 3. The number of ether oxygens (including phenoxy) is 1. The molecule has 0 spiro atoms. The van der Waals surface area contributed by atoms with Crippen LogP contribution in [0.4, 0.5) is 0 Å². The van der Waals surface area contributed by atoms with Gasteiger partial charge in [-0.25, -0.2) is 4.79 Å². The average molecular weight is 311 g/mol. The van der Waals surface area contributed by atoms with Crippen LogP contribution in [0.5, 0.6) is 0 Å². The van der Waals surface area contributed by atoms with E-state index in [0.717, 1.165) is 51.2 Å². The summed E-state index contributed by atoms with van der Waals surface area (Å²) in [5, 5.41) is 3.17. The van der Waals surface area contributed by atoms with Crippen molar-refractivity contribution in [3.63, 3.8) is 0 Å². The summed E-state index contributed by atoms with van der Waals surface area (Å²) in [5.41, 5.74) is 0.401. The van der Waals surface area contributed by atoms with Crippen LogP contribution in [-0.2, 0) is 19.1 Å². The first-order valence-corrected chi connectivity index (χ1v) is 7.95. The fourth-order valence-electron chi connectivity index (χ4n) is 2.00. The Morgan fingerprint density at radius 2 is 1.82 bits per heavy atom. The second kappa shape index (κ2) is 13.2. The summed E-state index contributed by atoms with van der Waals surface area (Å²) in [6.45, 7) is 8.73. The molecule has 2 unspecified atom stereocenters.